The predicted octanol–water partition coefficient (Wildman–Crippen LogP) is 4.38. The molecule has 6 nitrogen and oxygen atoms in total. The molecule has 1 aromatic carbocycles. The van der Waals surface area contributed by atoms with E-state index in [2.05, 4.69) is 21.7 Å². The van der Waals surface area contributed by atoms with Crippen LogP contribution in [0.3, 0.4) is 0 Å². The first-order valence-corrected chi connectivity index (χ1v) is 10.3. The number of nitrogens with zero attached hydrogens (tertiary/aromatic N) is 2. The van der Waals surface area contributed by atoms with Gasteiger partial charge < -0.3 is 15.4 Å². The van der Waals surface area contributed by atoms with Gasteiger partial charge in [-0.25, -0.2) is 4.98 Å². The van der Waals surface area contributed by atoms with E-state index in [1.54, 1.807) is 24.4 Å². The Balaban J connectivity index is 1.48. The number of rotatable bonds is 6. The number of amides is 1. The zero-order valence-corrected chi connectivity index (χ0v) is 16.8. The molecular weight excluding hydrogens is 388 g/mol. The Hall–Kier alpha value is -2.62. The van der Waals surface area contributed by atoms with Crippen LogP contribution in [-0.2, 0) is 4.74 Å². The van der Waals surface area contributed by atoms with Gasteiger partial charge in [-0.15, -0.1) is 0 Å². The van der Waals surface area contributed by atoms with E-state index in [0.717, 1.165) is 44.5 Å². The van der Waals surface area contributed by atoms with Crippen LogP contribution in [0, 0.1) is 17.2 Å². The maximum atomic E-state index is 12.8. The van der Waals surface area contributed by atoms with Crippen LogP contribution in [0.2, 0.25) is 5.02 Å². The summed E-state index contributed by atoms with van der Waals surface area (Å²) >= 11 is 6.26. The summed E-state index contributed by atoms with van der Waals surface area (Å²) in [5.41, 5.74) is 2.85. The van der Waals surface area contributed by atoms with Gasteiger partial charge in [-0.2, -0.15) is 5.26 Å². The highest BCUT2D eigenvalue weighted by Gasteiger charge is 2.29. The van der Waals surface area contributed by atoms with Crippen LogP contribution in [0.5, 0.6) is 0 Å². The maximum absolute atomic E-state index is 12.8. The van der Waals surface area contributed by atoms with E-state index in [9.17, 15) is 4.79 Å². The number of carbonyl (C=O) groups excluding carboxylic acids is 1. The molecule has 1 amide bonds. The molecule has 1 saturated heterocycles. The third-order valence-corrected chi connectivity index (χ3v) is 5.76. The van der Waals surface area contributed by atoms with E-state index < -0.39 is 0 Å². The fourth-order valence-corrected chi connectivity index (χ4v) is 3.80. The van der Waals surface area contributed by atoms with E-state index in [1.165, 1.54) is 0 Å². The number of anilines is 2. The fraction of sp³-hybridized carbons (Fsp3) is 0.409. The number of pyridine rings is 1. The van der Waals surface area contributed by atoms with Crippen molar-refractivity contribution in [3.8, 4) is 6.07 Å². The van der Waals surface area contributed by atoms with Crippen molar-refractivity contribution >= 4 is 29.0 Å². The number of benzene rings is 1. The van der Waals surface area contributed by atoms with E-state index in [4.69, 9.17) is 21.6 Å². The molecule has 2 heterocycles. The Morgan fingerprint density at radius 1 is 1.24 bits per heavy atom. The molecule has 0 radical (unpaired) electrons. The molecule has 2 N–H and O–H groups in total. The molecular formula is C22H23ClN4O2. The van der Waals surface area contributed by atoms with Crippen LogP contribution >= 0.6 is 11.6 Å². The number of nitriles is 1. The summed E-state index contributed by atoms with van der Waals surface area (Å²) in [7, 11) is 0. The molecule has 150 valence electrons. The number of hydrogen-bond donors (Lipinski definition) is 2. The van der Waals surface area contributed by atoms with Crippen LogP contribution in [-0.4, -0.2) is 30.6 Å². The first kappa shape index (κ1) is 19.7. The SMILES string of the molecule is N#Cc1ccc(Nc2cc(C3CC3)c(C(=O)NCC3CCOCC3)cn2)c(Cl)c1. The number of carbonyl (C=O) groups is 1. The molecule has 0 unspecified atom stereocenters. The first-order chi connectivity index (χ1) is 14.1. The highest BCUT2D eigenvalue weighted by atomic mass is 35.5. The minimum Gasteiger partial charge on any atom is -0.381 e. The lowest BCUT2D eigenvalue weighted by Crippen LogP contribution is -2.32. The largest absolute Gasteiger partial charge is 0.381 e. The molecule has 7 heteroatoms. The van der Waals surface area contributed by atoms with Crippen LogP contribution < -0.4 is 10.6 Å². The van der Waals surface area contributed by atoms with Gasteiger partial charge in [0, 0.05) is 26.0 Å². The second kappa shape index (κ2) is 8.81. The van der Waals surface area contributed by atoms with Crippen molar-refractivity contribution in [3.05, 3.63) is 52.2 Å². The molecule has 0 bridgehead atoms. The normalized spacial score (nSPS) is 16.8. The van der Waals surface area contributed by atoms with Crippen LogP contribution in [0.4, 0.5) is 11.5 Å². The molecule has 0 spiro atoms. The Bertz CT molecular complexity index is 946. The number of halogens is 1. The van der Waals surface area contributed by atoms with Crippen LogP contribution in [0.1, 0.15) is 53.1 Å². The average molecular weight is 411 g/mol. The van der Waals surface area contributed by atoms with Gasteiger partial charge in [0.15, 0.2) is 0 Å². The Morgan fingerprint density at radius 3 is 2.72 bits per heavy atom. The number of hydrogen-bond acceptors (Lipinski definition) is 5. The summed E-state index contributed by atoms with van der Waals surface area (Å²) in [5.74, 6) is 1.46. The van der Waals surface area contributed by atoms with Crippen LogP contribution in [0.15, 0.2) is 30.5 Å². The fourth-order valence-electron chi connectivity index (χ4n) is 3.57. The Labute approximate surface area is 175 Å². The zero-order chi connectivity index (χ0) is 20.2. The standard InChI is InChI=1S/C22H23ClN4O2/c23-19-9-15(11-24)1-4-20(19)27-21-10-17(16-2-3-16)18(13-25-21)22(28)26-12-14-5-7-29-8-6-14/h1,4,9-10,13-14,16H,2-3,5-8,12H2,(H,25,27)(H,26,28). The van der Waals surface area contributed by atoms with Gasteiger partial charge in [0.05, 0.1) is 27.9 Å². The van der Waals surface area contributed by atoms with Crippen molar-refractivity contribution in [1.29, 1.82) is 5.26 Å². The van der Waals surface area contributed by atoms with Crippen molar-refractivity contribution in [3.63, 3.8) is 0 Å². The van der Waals surface area contributed by atoms with E-state index in [1.807, 2.05) is 6.07 Å². The first-order valence-electron chi connectivity index (χ1n) is 9.96. The monoisotopic (exact) mass is 410 g/mol. The van der Waals surface area contributed by atoms with Gasteiger partial charge in [-0.1, -0.05) is 11.6 Å². The lowest BCUT2D eigenvalue weighted by molar-refractivity contribution is 0.0642. The van der Waals surface area contributed by atoms with E-state index in [-0.39, 0.29) is 5.91 Å². The third-order valence-electron chi connectivity index (χ3n) is 5.45. The zero-order valence-electron chi connectivity index (χ0n) is 16.1. The summed E-state index contributed by atoms with van der Waals surface area (Å²) in [5, 5.41) is 15.7. The molecule has 1 aliphatic carbocycles. The second-order valence-corrected chi connectivity index (χ2v) is 8.04. The number of ether oxygens (including phenoxy) is 1. The highest BCUT2D eigenvalue weighted by molar-refractivity contribution is 6.33. The number of nitrogens with one attached hydrogen (secondary N) is 2. The van der Waals surface area contributed by atoms with Crippen molar-refractivity contribution in [1.82, 2.24) is 10.3 Å². The van der Waals surface area contributed by atoms with Gasteiger partial charge in [0.1, 0.15) is 5.82 Å². The van der Waals surface area contributed by atoms with Gasteiger partial charge in [0.2, 0.25) is 0 Å². The molecule has 1 aliphatic heterocycles. The molecule has 29 heavy (non-hydrogen) atoms. The summed E-state index contributed by atoms with van der Waals surface area (Å²) in [6, 6.07) is 9.08. The topological polar surface area (TPSA) is 87.0 Å². The molecule has 2 fully saturated rings. The van der Waals surface area contributed by atoms with Crippen molar-refractivity contribution in [2.24, 2.45) is 5.92 Å². The molecule has 1 saturated carbocycles. The quantitative estimate of drug-likeness (QED) is 0.737. The average Bonchev–Trinajstić information content (AvgIpc) is 3.59. The van der Waals surface area contributed by atoms with Crippen molar-refractivity contribution in [2.45, 2.75) is 31.6 Å². The predicted molar refractivity (Wildman–Crippen MR) is 112 cm³/mol. The van der Waals surface area contributed by atoms with Crippen molar-refractivity contribution < 1.29 is 9.53 Å². The van der Waals surface area contributed by atoms with Gasteiger partial charge in [-0.3, -0.25) is 4.79 Å². The highest BCUT2D eigenvalue weighted by Crippen LogP contribution is 2.42. The second-order valence-electron chi connectivity index (χ2n) is 7.63. The lowest BCUT2D eigenvalue weighted by atomic mass is 10.00. The summed E-state index contributed by atoms with van der Waals surface area (Å²) < 4.78 is 5.38. The smallest absolute Gasteiger partial charge is 0.253 e. The van der Waals surface area contributed by atoms with E-state index in [0.29, 0.717) is 46.0 Å². The van der Waals surface area contributed by atoms with Crippen LogP contribution in [0.25, 0.3) is 0 Å². The minimum atomic E-state index is -0.0613. The summed E-state index contributed by atoms with van der Waals surface area (Å²) in [4.78, 5) is 17.2. The Morgan fingerprint density at radius 2 is 2.03 bits per heavy atom. The lowest BCUT2D eigenvalue weighted by Gasteiger charge is -2.22. The minimum absolute atomic E-state index is 0.0613. The Kier molecular flexibility index (Phi) is 5.98. The molecule has 1 aromatic heterocycles. The third kappa shape index (κ3) is 4.87. The van der Waals surface area contributed by atoms with Crippen molar-refractivity contribution in [2.75, 3.05) is 25.1 Å². The van der Waals surface area contributed by atoms with Gasteiger partial charge in [0.25, 0.3) is 5.91 Å². The maximum Gasteiger partial charge on any atom is 0.253 e. The van der Waals surface area contributed by atoms with Gasteiger partial charge in [-0.05, 0) is 67.3 Å². The van der Waals surface area contributed by atoms with Gasteiger partial charge >= 0.3 is 0 Å². The molecule has 2 aromatic rings. The summed E-state index contributed by atoms with van der Waals surface area (Å²) in [6.45, 7) is 2.22. The summed E-state index contributed by atoms with van der Waals surface area (Å²) in [6.07, 6.45) is 5.79. The van der Waals surface area contributed by atoms with E-state index >= 15 is 0 Å². The molecule has 0 atom stereocenters. The molecule has 2 aliphatic rings. The number of aromatic nitrogens is 1. The molecule has 4 rings (SSSR count).